The number of ether oxygens (including phenoxy) is 1. The number of allylic oxidation sites excluding steroid dienone is 1. The van der Waals surface area contributed by atoms with E-state index in [1.807, 2.05) is 30.3 Å². The summed E-state index contributed by atoms with van der Waals surface area (Å²) in [6, 6.07) is 35.7. The molecule has 0 amide bonds. The Labute approximate surface area is 189 Å². The third kappa shape index (κ3) is 4.70. The van der Waals surface area contributed by atoms with Gasteiger partial charge in [0.1, 0.15) is 12.4 Å². The highest BCUT2D eigenvalue weighted by molar-refractivity contribution is 6.12. The van der Waals surface area contributed by atoms with E-state index >= 15 is 0 Å². The lowest BCUT2D eigenvalue weighted by Gasteiger charge is -2.16. The zero-order valence-electron chi connectivity index (χ0n) is 17.9. The van der Waals surface area contributed by atoms with Crippen LogP contribution in [0, 0.1) is 0 Å². The molecule has 1 aliphatic heterocycles. The Kier molecular flexibility index (Phi) is 5.93. The Hall–Kier alpha value is -3.91. The average molecular weight is 416 g/mol. The lowest BCUT2D eigenvalue weighted by molar-refractivity contribution is 0.306. The number of nitrogens with zero attached hydrogens (tertiary/aromatic N) is 1. The summed E-state index contributed by atoms with van der Waals surface area (Å²) >= 11 is 0. The Morgan fingerprint density at radius 1 is 0.719 bits per heavy atom. The van der Waals surface area contributed by atoms with E-state index in [1.165, 1.54) is 33.4 Å². The predicted octanol–water partition coefficient (Wildman–Crippen LogP) is 6.99. The molecule has 0 fully saturated rings. The van der Waals surface area contributed by atoms with E-state index in [-0.39, 0.29) is 0 Å². The summed E-state index contributed by atoms with van der Waals surface area (Å²) in [5.74, 6) is 0.911. The van der Waals surface area contributed by atoms with Gasteiger partial charge in [0.2, 0.25) is 0 Å². The van der Waals surface area contributed by atoms with Gasteiger partial charge in [0.25, 0.3) is 0 Å². The molecule has 0 saturated heterocycles. The molecule has 0 spiro atoms. The van der Waals surface area contributed by atoms with Gasteiger partial charge in [0, 0.05) is 12.1 Å². The Bertz CT molecular complexity index is 1240. The van der Waals surface area contributed by atoms with Gasteiger partial charge in [0.15, 0.2) is 0 Å². The highest BCUT2D eigenvalue weighted by atomic mass is 16.5. The molecule has 0 atom stereocenters. The van der Waals surface area contributed by atoms with Gasteiger partial charge in [-0.1, -0.05) is 91.0 Å². The lowest BCUT2D eigenvalue weighted by Crippen LogP contribution is -2.11. The summed E-state index contributed by atoms with van der Waals surface area (Å²) in [5, 5.41) is 0. The lowest BCUT2D eigenvalue weighted by atomic mass is 9.96. The number of hydrogen-bond acceptors (Lipinski definition) is 2. The molecule has 1 aliphatic rings. The number of rotatable bonds is 6. The maximum Gasteiger partial charge on any atom is 0.120 e. The van der Waals surface area contributed by atoms with Crippen molar-refractivity contribution in [2.75, 3.05) is 6.54 Å². The van der Waals surface area contributed by atoms with Crippen LogP contribution < -0.4 is 4.74 Å². The van der Waals surface area contributed by atoms with E-state index in [0.29, 0.717) is 6.61 Å². The molecule has 0 N–H and O–H groups in total. The average Bonchev–Trinajstić information content (AvgIpc) is 2.87. The minimum atomic E-state index is 0.583. The molecule has 4 aromatic carbocycles. The number of fused-ring (bicyclic) bond motifs is 1. The first kappa shape index (κ1) is 20.0. The molecule has 0 aromatic heterocycles. The van der Waals surface area contributed by atoms with Crippen molar-refractivity contribution in [3.8, 4) is 16.9 Å². The topological polar surface area (TPSA) is 21.6 Å². The second-order valence-electron chi connectivity index (χ2n) is 7.93. The molecule has 2 nitrogen and oxygen atoms in total. The fraction of sp³-hybridized carbons (Fsp3) is 0.100. The molecule has 0 unspecified atom stereocenters. The van der Waals surface area contributed by atoms with Crippen molar-refractivity contribution in [1.29, 1.82) is 0 Å². The van der Waals surface area contributed by atoms with Gasteiger partial charge in [0.05, 0.1) is 5.71 Å². The normalized spacial score (nSPS) is 12.9. The third-order valence-electron chi connectivity index (χ3n) is 5.72. The van der Waals surface area contributed by atoms with Crippen molar-refractivity contribution in [2.45, 2.75) is 13.0 Å². The second-order valence-corrected chi connectivity index (χ2v) is 7.93. The van der Waals surface area contributed by atoms with E-state index in [2.05, 4.69) is 84.9 Å². The maximum atomic E-state index is 6.01. The van der Waals surface area contributed by atoms with Crippen LogP contribution >= 0.6 is 0 Å². The van der Waals surface area contributed by atoms with Gasteiger partial charge < -0.3 is 4.74 Å². The summed E-state index contributed by atoms with van der Waals surface area (Å²) in [7, 11) is 0. The molecule has 156 valence electrons. The van der Waals surface area contributed by atoms with Crippen LogP contribution in [0.2, 0.25) is 0 Å². The summed E-state index contributed by atoms with van der Waals surface area (Å²) in [5.41, 5.74) is 8.33. The van der Waals surface area contributed by atoms with E-state index in [9.17, 15) is 0 Å². The Balaban J connectivity index is 1.28. The van der Waals surface area contributed by atoms with Crippen molar-refractivity contribution in [1.82, 2.24) is 0 Å². The number of aliphatic imine (C=N–C) groups is 1. The largest absolute Gasteiger partial charge is 0.489 e. The van der Waals surface area contributed by atoms with Crippen LogP contribution in [0.15, 0.2) is 114 Å². The molecular weight excluding hydrogens is 390 g/mol. The van der Waals surface area contributed by atoms with E-state index in [0.717, 1.165) is 24.4 Å². The smallest absolute Gasteiger partial charge is 0.120 e. The van der Waals surface area contributed by atoms with Crippen LogP contribution in [0.5, 0.6) is 5.75 Å². The molecule has 0 radical (unpaired) electrons. The van der Waals surface area contributed by atoms with E-state index in [4.69, 9.17) is 9.73 Å². The SMILES string of the molecule is C(=Cc1ccc(-c2ccccc2)cc1)C1=NCCc2cc(OCc3ccccc3)ccc21. The molecule has 5 rings (SSSR count). The first-order valence-electron chi connectivity index (χ1n) is 11.0. The van der Waals surface area contributed by atoms with Gasteiger partial charge in [-0.15, -0.1) is 0 Å². The van der Waals surface area contributed by atoms with Gasteiger partial charge in [-0.3, -0.25) is 4.99 Å². The van der Waals surface area contributed by atoms with E-state index in [1.54, 1.807) is 0 Å². The quantitative estimate of drug-likeness (QED) is 0.332. The Morgan fingerprint density at radius 2 is 1.44 bits per heavy atom. The summed E-state index contributed by atoms with van der Waals surface area (Å²) in [4.78, 5) is 4.76. The second kappa shape index (κ2) is 9.49. The molecule has 0 saturated carbocycles. The molecule has 2 heteroatoms. The van der Waals surface area contributed by atoms with Crippen LogP contribution in [0.25, 0.3) is 17.2 Å². The predicted molar refractivity (Wildman–Crippen MR) is 133 cm³/mol. The van der Waals surface area contributed by atoms with Crippen molar-refractivity contribution in [3.05, 3.63) is 131 Å². The highest BCUT2D eigenvalue weighted by Crippen LogP contribution is 2.24. The van der Waals surface area contributed by atoms with Crippen molar-refractivity contribution >= 4 is 11.8 Å². The highest BCUT2D eigenvalue weighted by Gasteiger charge is 2.13. The van der Waals surface area contributed by atoms with E-state index < -0.39 is 0 Å². The van der Waals surface area contributed by atoms with Gasteiger partial charge in [-0.25, -0.2) is 0 Å². The molecule has 0 bridgehead atoms. The molecule has 1 heterocycles. The van der Waals surface area contributed by atoms with Crippen LogP contribution in [-0.2, 0) is 13.0 Å². The van der Waals surface area contributed by atoms with Gasteiger partial charge in [-0.05, 0) is 58.5 Å². The van der Waals surface area contributed by atoms with Crippen LogP contribution in [0.1, 0.15) is 22.3 Å². The molecule has 32 heavy (non-hydrogen) atoms. The fourth-order valence-corrected chi connectivity index (χ4v) is 3.97. The molecule has 4 aromatic rings. The summed E-state index contributed by atoms with van der Waals surface area (Å²) in [6.07, 6.45) is 5.21. The minimum absolute atomic E-state index is 0.583. The third-order valence-corrected chi connectivity index (χ3v) is 5.72. The van der Waals surface area contributed by atoms with Crippen molar-refractivity contribution < 1.29 is 4.74 Å². The van der Waals surface area contributed by atoms with Crippen LogP contribution in [0.4, 0.5) is 0 Å². The van der Waals surface area contributed by atoms with Crippen molar-refractivity contribution in [2.24, 2.45) is 4.99 Å². The van der Waals surface area contributed by atoms with Crippen LogP contribution in [-0.4, -0.2) is 12.3 Å². The zero-order chi connectivity index (χ0) is 21.6. The summed E-state index contributed by atoms with van der Waals surface area (Å²) in [6.45, 7) is 1.39. The van der Waals surface area contributed by atoms with Gasteiger partial charge >= 0.3 is 0 Å². The van der Waals surface area contributed by atoms with Gasteiger partial charge in [-0.2, -0.15) is 0 Å². The minimum Gasteiger partial charge on any atom is -0.489 e. The first-order chi connectivity index (χ1) is 15.8. The number of hydrogen-bond donors (Lipinski definition) is 0. The van der Waals surface area contributed by atoms with Crippen LogP contribution in [0.3, 0.4) is 0 Å². The number of benzene rings is 4. The molecular formula is C30H25NO. The zero-order valence-corrected chi connectivity index (χ0v) is 17.9. The molecule has 0 aliphatic carbocycles. The monoisotopic (exact) mass is 415 g/mol. The fourth-order valence-electron chi connectivity index (χ4n) is 3.97. The summed E-state index contributed by atoms with van der Waals surface area (Å²) < 4.78 is 6.01. The maximum absolute atomic E-state index is 6.01. The Morgan fingerprint density at radius 3 is 2.22 bits per heavy atom. The standard InChI is InChI=1S/C30H25NO/c1-3-7-24(8-4-1)22-32-28-16-17-29-27(21-28)19-20-31-30(29)18-13-23-11-14-26(15-12-23)25-9-5-2-6-10-25/h1-18,21H,19-20,22H2. The van der Waals surface area contributed by atoms with Crippen molar-refractivity contribution in [3.63, 3.8) is 0 Å². The first-order valence-corrected chi connectivity index (χ1v) is 11.0.